The first-order valence-electron chi connectivity index (χ1n) is 9.73. The van der Waals surface area contributed by atoms with Crippen LogP contribution in [0.4, 0.5) is 0 Å². The van der Waals surface area contributed by atoms with Gasteiger partial charge in [-0.15, -0.1) is 0 Å². The number of aliphatic hydroxyl groups is 2. The normalized spacial score (nSPS) is 25.6. The molecule has 1 heterocycles. The van der Waals surface area contributed by atoms with Crippen molar-refractivity contribution in [2.45, 2.75) is 44.3 Å². The number of carboxylic acid groups (broad SMARTS) is 1. The van der Waals surface area contributed by atoms with E-state index >= 15 is 0 Å². The van der Waals surface area contributed by atoms with Crippen LogP contribution < -0.4 is 4.74 Å². The first kappa shape index (κ1) is 24.1. The van der Waals surface area contributed by atoms with E-state index in [0.29, 0.717) is 25.7 Å². The Kier molecular flexibility index (Phi) is 10.3. The van der Waals surface area contributed by atoms with Crippen LogP contribution in [0, 0.1) is 17.8 Å². The van der Waals surface area contributed by atoms with E-state index in [4.69, 9.17) is 17.3 Å². The number of hydrogen-bond donors (Lipinski definition) is 3. The number of carboxylic acids is 1. The van der Waals surface area contributed by atoms with Crippen LogP contribution in [-0.2, 0) is 4.79 Å². The molecule has 29 heavy (non-hydrogen) atoms. The Hall–Kier alpha value is -1.22. The monoisotopic (exact) mass is 481 g/mol. The molecule has 157 valence electrons. The fourth-order valence-corrected chi connectivity index (χ4v) is 4.85. The number of unbranched alkanes of at least 4 members (excludes halogenated alkanes) is 1. The van der Waals surface area contributed by atoms with Crippen molar-refractivity contribution >= 4 is 46.7 Å². The van der Waals surface area contributed by atoms with Crippen LogP contribution in [-0.4, -0.2) is 53.6 Å². The van der Waals surface area contributed by atoms with Gasteiger partial charge in [0.15, 0.2) is 0 Å². The Labute approximate surface area is 185 Å². The van der Waals surface area contributed by atoms with E-state index in [0.717, 1.165) is 9.54 Å². The van der Waals surface area contributed by atoms with Gasteiger partial charge >= 0.3 is 186 Å². The van der Waals surface area contributed by atoms with Crippen LogP contribution >= 0.6 is 27.3 Å². The molecular formula is C21H27BBrO5S. The zero-order valence-corrected chi connectivity index (χ0v) is 18.6. The average molecular weight is 482 g/mol. The van der Waals surface area contributed by atoms with Crippen LogP contribution in [0.25, 0.3) is 0 Å². The van der Waals surface area contributed by atoms with Gasteiger partial charge in [-0.05, 0) is 0 Å². The molecule has 0 spiro atoms. The summed E-state index contributed by atoms with van der Waals surface area (Å²) in [6, 6.07) is 1.85. The van der Waals surface area contributed by atoms with Crippen molar-refractivity contribution in [2.24, 2.45) is 17.8 Å². The molecule has 1 aromatic heterocycles. The van der Waals surface area contributed by atoms with Crippen LogP contribution in [0.3, 0.4) is 0 Å². The average Bonchev–Trinajstić information content (AvgIpc) is 3.23. The SMILES string of the molecule is [B]=C[C@@H]1CC(O)[C@H](C/C=C\CCCC(=O)O)[C@H]1/C=C/[C@@H](O)COc1cc(Br)cs1. The summed E-state index contributed by atoms with van der Waals surface area (Å²) >= 11 is 4.82. The molecule has 0 aliphatic heterocycles. The van der Waals surface area contributed by atoms with Crippen molar-refractivity contribution in [1.29, 1.82) is 0 Å². The molecule has 1 saturated carbocycles. The van der Waals surface area contributed by atoms with E-state index < -0.39 is 18.2 Å². The van der Waals surface area contributed by atoms with Crippen LogP contribution in [0.15, 0.2) is 40.2 Å². The predicted molar refractivity (Wildman–Crippen MR) is 121 cm³/mol. The summed E-state index contributed by atoms with van der Waals surface area (Å²) in [6.07, 6.45) is 9.16. The van der Waals surface area contributed by atoms with Gasteiger partial charge in [0.25, 0.3) is 0 Å². The van der Waals surface area contributed by atoms with Gasteiger partial charge in [0.2, 0.25) is 0 Å². The van der Waals surface area contributed by atoms with Crippen molar-refractivity contribution in [3.8, 4) is 5.06 Å². The minimum absolute atomic E-state index is 0.00754. The van der Waals surface area contributed by atoms with Crippen molar-refractivity contribution in [3.05, 3.63) is 40.2 Å². The minimum atomic E-state index is -0.787. The summed E-state index contributed by atoms with van der Waals surface area (Å²) in [6.45, 7) is 0.157. The Morgan fingerprint density at radius 1 is 1.45 bits per heavy atom. The second-order valence-electron chi connectivity index (χ2n) is 7.24. The van der Waals surface area contributed by atoms with Gasteiger partial charge in [-0.3, -0.25) is 0 Å². The van der Waals surface area contributed by atoms with Gasteiger partial charge in [0, 0.05) is 0 Å². The van der Waals surface area contributed by atoms with E-state index in [1.807, 2.05) is 29.7 Å². The molecule has 2 rings (SSSR count). The molecule has 1 radical (unpaired) electrons. The molecule has 5 atom stereocenters. The van der Waals surface area contributed by atoms with Gasteiger partial charge in [0.1, 0.15) is 0 Å². The van der Waals surface area contributed by atoms with Crippen molar-refractivity contribution < 1.29 is 24.9 Å². The maximum absolute atomic E-state index is 10.5. The van der Waals surface area contributed by atoms with Gasteiger partial charge < -0.3 is 0 Å². The van der Waals surface area contributed by atoms with Crippen molar-refractivity contribution in [3.63, 3.8) is 0 Å². The Balaban J connectivity index is 1.87. The van der Waals surface area contributed by atoms with Crippen LogP contribution in [0.5, 0.6) is 5.06 Å². The third kappa shape index (κ3) is 8.20. The second kappa shape index (κ2) is 12.5. The van der Waals surface area contributed by atoms with Gasteiger partial charge in [-0.2, -0.15) is 0 Å². The van der Waals surface area contributed by atoms with Crippen molar-refractivity contribution in [1.82, 2.24) is 0 Å². The van der Waals surface area contributed by atoms with Crippen LogP contribution in [0.2, 0.25) is 0 Å². The zero-order chi connectivity index (χ0) is 21.2. The number of aliphatic hydroxyl groups excluding tert-OH is 2. The van der Waals surface area contributed by atoms with Crippen molar-refractivity contribution in [2.75, 3.05) is 6.61 Å². The number of rotatable bonds is 12. The Morgan fingerprint density at radius 3 is 2.90 bits per heavy atom. The predicted octanol–water partition coefficient (Wildman–Crippen LogP) is 3.59. The van der Waals surface area contributed by atoms with E-state index in [-0.39, 0.29) is 30.8 Å². The molecule has 1 aliphatic rings. The Morgan fingerprint density at radius 2 is 2.24 bits per heavy atom. The quantitative estimate of drug-likeness (QED) is 0.241. The summed E-state index contributed by atoms with van der Waals surface area (Å²) < 4.78 is 6.52. The number of halogens is 1. The number of ether oxygens (including phenoxy) is 1. The van der Waals surface area contributed by atoms with E-state index in [2.05, 4.69) is 15.9 Å². The molecular weight excluding hydrogens is 455 g/mol. The molecule has 0 amide bonds. The van der Waals surface area contributed by atoms with Gasteiger partial charge in [-0.1, -0.05) is 0 Å². The summed E-state index contributed by atoms with van der Waals surface area (Å²) in [7, 11) is 5.78. The van der Waals surface area contributed by atoms with E-state index in [1.54, 1.807) is 12.0 Å². The molecule has 1 fully saturated rings. The maximum atomic E-state index is 10.5. The summed E-state index contributed by atoms with van der Waals surface area (Å²) in [5, 5.41) is 32.0. The molecule has 0 saturated heterocycles. The summed E-state index contributed by atoms with van der Waals surface area (Å²) in [5.74, 6) is 0.927. The number of allylic oxidation sites excluding steroid dienone is 3. The number of hydrogen-bond acceptors (Lipinski definition) is 5. The Bertz CT molecular complexity index is 720. The summed E-state index contributed by atoms with van der Waals surface area (Å²) in [5.41, 5.74) is 0. The third-order valence-electron chi connectivity index (χ3n) is 5.08. The molecule has 0 aromatic carbocycles. The van der Waals surface area contributed by atoms with E-state index in [1.165, 1.54) is 11.3 Å². The second-order valence-corrected chi connectivity index (χ2v) is 9.03. The third-order valence-corrected chi connectivity index (χ3v) is 6.68. The zero-order valence-electron chi connectivity index (χ0n) is 16.2. The number of aliphatic carboxylic acids is 1. The molecule has 5 nitrogen and oxygen atoms in total. The molecule has 8 heteroatoms. The first-order chi connectivity index (χ1) is 13.9. The molecule has 1 unspecified atom stereocenters. The first-order valence-corrected chi connectivity index (χ1v) is 11.4. The molecule has 1 aromatic rings. The standard InChI is InChI=1S/C21H27BBrO5S/c22-11-14-9-19(25)18(5-3-1-2-4-6-20(26)27)17(14)8-7-16(24)12-28-21-10-15(23)13-29-21/h1,3,7-8,10-11,13-14,16-19,24-25H,2,4-6,9,12H2,(H,26,27)/b3-1-,8-7+/t14-,16+,17-,18+,19?/m0/s1. The number of thiophene rings is 1. The fourth-order valence-electron chi connectivity index (χ4n) is 3.58. The molecule has 1 aliphatic carbocycles. The molecule has 0 bridgehead atoms. The van der Waals surface area contributed by atoms with Crippen LogP contribution in [0.1, 0.15) is 32.1 Å². The van der Waals surface area contributed by atoms with Gasteiger partial charge in [-0.25, -0.2) is 0 Å². The molecule has 3 N–H and O–H groups in total. The van der Waals surface area contributed by atoms with E-state index in [9.17, 15) is 15.0 Å². The fraction of sp³-hybridized carbons (Fsp3) is 0.524. The summed E-state index contributed by atoms with van der Waals surface area (Å²) in [4.78, 5) is 10.5. The topological polar surface area (TPSA) is 87.0 Å². The van der Waals surface area contributed by atoms with Gasteiger partial charge in [0.05, 0.1) is 0 Å². The number of carbonyl (C=O) groups is 1.